The maximum atomic E-state index is 13.2. The lowest BCUT2D eigenvalue weighted by Gasteiger charge is -2.33. The van der Waals surface area contributed by atoms with Crippen LogP contribution in [0.4, 0.5) is 5.95 Å². The molecule has 1 saturated heterocycles. The zero-order chi connectivity index (χ0) is 23.3. The molecule has 1 aliphatic carbocycles. The van der Waals surface area contributed by atoms with E-state index in [2.05, 4.69) is 56.1 Å². The van der Waals surface area contributed by atoms with Gasteiger partial charge in [-0.25, -0.2) is 0 Å². The Bertz CT molecular complexity index is 1110. The molecule has 0 radical (unpaired) electrons. The number of hydrogen-bond acceptors (Lipinski definition) is 6. The Morgan fingerprint density at radius 2 is 1.85 bits per heavy atom. The Labute approximate surface area is 205 Å². The van der Waals surface area contributed by atoms with Crippen LogP contribution in [0.15, 0.2) is 59.8 Å². The molecule has 1 amide bonds. The molecular formula is C26H31N5O2S. The number of nitrogens with zero attached hydrogens (tertiary/aromatic N) is 5. The minimum absolute atomic E-state index is 0.119. The van der Waals surface area contributed by atoms with E-state index in [0.717, 1.165) is 43.5 Å². The van der Waals surface area contributed by atoms with Gasteiger partial charge in [0.25, 0.3) is 0 Å². The van der Waals surface area contributed by atoms with Crippen LogP contribution >= 0.6 is 11.8 Å². The van der Waals surface area contributed by atoms with Crippen molar-refractivity contribution in [2.24, 2.45) is 0 Å². The Kier molecular flexibility index (Phi) is 7.16. The maximum absolute atomic E-state index is 13.2. The Hall–Kier alpha value is -2.84. The summed E-state index contributed by atoms with van der Waals surface area (Å²) in [5.74, 6) is 1.30. The highest BCUT2D eigenvalue weighted by Crippen LogP contribution is 2.34. The highest BCUT2D eigenvalue weighted by Gasteiger charge is 2.27. The molecule has 0 saturated carbocycles. The fourth-order valence-corrected chi connectivity index (χ4v) is 5.68. The van der Waals surface area contributed by atoms with Crippen LogP contribution in [0, 0.1) is 0 Å². The summed E-state index contributed by atoms with van der Waals surface area (Å²) in [6.45, 7) is 3.63. The van der Waals surface area contributed by atoms with Gasteiger partial charge in [0.1, 0.15) is 0 Å². The molecule has 0 unspecified atom stereocenters. The zero-order valence-electron chi connectivity index (χ0n) is 19.6. The molecule has 1 aliphatic heterocycles. The van der Waals surface area contributed by atoms with E-state index in [4.69, 9.17) is 4.74 Å². The number of fused-ring (bicyclic) bond motifs is 1. The maximum Gasteiger partial charge on any atom is 0.233 e. The van der Waals surface area contributed by atoms with Crippen molar-refractivity contribution in [3.63, 3.8) is 0 Å². The van der Waals surface area contributed by atoms with Crippen molar-refractivity contribution in [3.8, 4) is 0 Å². The molecule has 34 heavy (non-hydrogen) atoms. The van der Waals surface area contributed by atoms with Crippen molar-refractivity contribution in [1.29, 1.82) is 0 Å². The third kappa shape index (κ3) is 4.98. The van der Waals surface area contributed by atoms with Crippen LogP contribution in [0.5, 0.6) is 0 Å². The standard InChI is InChI=1S/C26H31N5O2S/c1-29(23-13-7-11-21-10-5-6-12-22(21)23)24(32)19-34-26-28-27-25(30-14-16-33-17-15-30)31(26)18-20-8-3-2-4-9-20/h2-6,8-10,12,23H,7,11,13-19H2,1H3/t23-/m0/s1. The second kappa shape index (κ2) is 10.6. The number of rotatable bonds is 7. The first kappa shape index (κ1) is 22.9. The van der Waals surface area contributed by atoms with Gasteiger partial charge in [0.15, 0.2) is 5.16 Å². The van der Waals surface area contributed by atoms with E-state index in [9.17, 15) is 4.79 Å². The second-order valence-electron chi connectivity index (χ2n) is 8.85. The summed E-state index contributed by atoms with van der Waals surface area (Å²) < 4.78 is 7.65. The molecule has 0 bridgehead atoms. The first-order valence-electron chi connectivity index (χ1n) is 12.0. The molecule has 1 aromatic heterocycles. The van der Waals surface area contributed by atoms with Gasteiger partial charge in [-0.1, -0.05) is 66.4 Å². The largest absolute Gasteiger partial charge is 0.378 e. The first-order chi connectivity index (χ1) is 16.7. The summed E-state index contributed by atoms with van der Waals surface area (Å²) in [6, 6.07) is 19.0. The van der Waals surface area contributed by atoms with Crippen molar-refractivity contribution in [1.82, 2.24) is 19.7 Å². The SMILES string of the molecule is CN(C(=O)CSc1nnc(N2CCOCC2)n1Cc1ccccc1)[C@H]1CCCc2ccccc21. The second-order valence-corrected chi connectivity index (χ2v) is 9.80. The van der Waals surface area contributed by atoms with Crippen LogP contribution in [0.3, 0.4) is 0 Å². The Morgan fingerprint density at radius 3 is 2.68 bits per heavy atom. The lowest BCUT2D eigenvalue weighted by atomic mass is 9.87. The predicted molar refractivity (Wildman–Crippen MR) is 134 cm³/mol. The number of carbonyl (C=O) groups is 1. The Balaban J connectivity index is 1.32. The van der Waals surface area contributed by atoms with E-state index in [1.54, 1.807) is 0 Å². The molecule has 178 valence electrons. The van der Waals surface area contributed by atoms with Gasteiger partial charge in [-0.2, -0.15) is 0 Å². The number of benzene rings is 2. The molecule has 7 nitrogen and oxygen atoms in total. The van der Waals surface area contributed by atoms with E-state index < -0.39 is 0 Å². The molecular weight excluding hydrogens is 446 g/mol. The lowest BCUT2D eigenvalue weighted by molar-refractivity contribution is -0.129. The average molecular weight is 478 g/mol. The Morgan fingerprint density at radius 1 is 1.09 bits per heavy atom. The predicted octanol–water partition coefficient (Wildman–Crippen LogP) is 3.79. The molecule has 2 aliphatic rings. The van der Waals surface area contributed by atoms with E-state index in [1.807, 2.05) is 30.1 Å². The molecule has 0 N–H and O–H groups in total. The van der Waals surface area contributed by atoms with Gasteiger partial charge in [-0.3, -0.25) is 9.36 Å². The monoisotopic (exact) mass is 477 g/mol. The van der Waals surface area contributed by atoms with Crippen molar-refractivity contribution in [3.05, 3.63) is 71.3 Å². The highest BCUT2D eigenvalue weighted by molar-refractivity contribution is 7.99. The number of aromatic nitrogens is 3. The highest BCUT2D eigenvalue weighted by atomic mass is 32.2. The number of carbonyl (C=O) groups excluding carboxylic acids is 1. The van der Waals surface area contributed by atoms with Crippen LogP contribution in [0.1, 0.15) is 35.6 Å². The summed E-state index contributed by atoms with van der Waals surface area (Å²) in [6.07, 6.45) is 3.21. The molecule has 0 spiro atoms. The third-order valence-electron chi connectivity index (χ3n) is 6.70. The summed E-state index contributed by atoms with van der Waals surface area (Å²) in [5, 5.41) is 9.78. The van der Waals surface area contributed by atoms with Gasteiger partial charge in [0, 0.05) is 20.1 Å². The van der Waals surface area contributed by atoms with Gasteiger partial charge in [0.05, 0.1) is 31.6 Å². The normalized spacial score (nSPS) is 17.9. The number of aryl methyl sites for hydroxylation is 1. The van der Waals surface area contributed by atoms with Crippen LogP contribution in [-0.4, -0.2) is 64.7 Å². The molecule has 3 aromatic rings. The van der Waals surface area contributed by atoms with E-state index >= 15 is 0 Å². The van der Waals surface area contributed by atoms with Crippen molar-refractivity contribution < 1.29 is 9.53 Å². The quantitative estimate of drug-likeness (QED) is 0.483. The van der Waals surface area contributed by atoms with Gasteiger partial charge >= 0.3 is 0 Å². The third-order valence-corrected chi connectivity index (χ3v) is 7.65. The van der Waals surface area contributed by atoms with E-state index in [0.29, 0.717) is 25.5 Å². The first-order valence-corrected chi connectivity index (χ1v) is 13.0. The fourth-order valence-electron chi connectivity index (χ4n) is 4.82. The van der Waals surface area contributed by atoms with Crippen LogP contribution < -0.4 is 4.90 Å². The van der Waals surface area contributed by atoms with Gasteiger partial charge in [-0.05, 0) is 36.0 Å². The van der Waals surface area contributed by atoms with Crippen LogP contribution in [0.2, 0.25) is 0 Å². The molecule has 1 atom stereocenters. The van der Waals surface area contributed by atoms with Crippen LogP contribution in [0.25, 0.3) is 0 Å². The minimum atomic E-state index is 0.119. The zero-order valence-corrected chi connectivity index (χ0v) is 20.4. The number of ether oxygens (including phenoxy) is 1. The summed E-state index contributed by atoms with van der Waals surface area (Å²) >= 11 is 1.47. The molecule has 5 rings (SSSR count). The minimum Gasteiger partial charge on any atom is -0.378 e. The van der Waals surface area contributed by atoms with Crippen molar-refractivity contribution in [2.45, 2.75) is 37.0 Å². The number of morpholine rings is 1. The summed E-state index contributed by atoms with van der Waals surface area (Å²) in [4.78, 5) is 17.4. The molecule has 1 fully saturated rings. The number of hydrogen-bond donors (Lipinski definition) is 0. The molecule has 2 aromatic carbocycles. The van der Waals surface area contributed by atoms with Gasteiger partial charge in [0.2, 0.25) is 11.9 Å². The van der Waals surface area contributed by atoms with Gasteiger partial charge < -0.3 is 14.5 Å². The number of thioether (sulfide) groups is 1. The van der Waals surface area contributed by atoms with E-state index in [-0.39, 0.29) is 11.9 Å². The van der Waals surface area contributed by atoms with Crippen molar-refractivity contribution in [2.75, 3.05) is 44.0 Å². The summed E-state index contributed by atoms with van der Waals surface area (Å²) in [7, 11) is 1.93. The van der Waals surface area contributed by atoms with E-state index in [1.165, 1.54) is 28.5 Å². The molecule has 2 heterocycles. The average Bonchev–Trinajstić information content (AvgIpc) is 3.29. The van der Waals surface area contributed by atoms with Gasteiger partial charge in [-0.15, -0.1) is 10.2 Å². The number of anilines is 1. The fraction of sp³-hybridized carbons (Fsp3) is 0.423. The molecule has 8 heteroatoms. The smallest absolute Gasteiger partial charge is 0.233 e. The van der Waals surface area contributed by atoms with Crippen LogP contribution in [-0.2, 0) is 22.5 Å². The lowest BCUT2D eigenvalue weighted by Crippen LogP contribution is -2.38. The number of amides is 1. The van der Waals surface area contributed by atoms with Crippen molar-refractivity contribution >= 4 is 23.6 Å². The topological polar surface area (TPSA) is 63.5 Å². The summed E-state index contributed by atoms with van der Waals surface area (Å²) in [5.41, 5.74) is 3.83.